The molecule has 1 amide bonds. The van der Waals surface area contributed by atoms with Crippen molar-refractivity contribution in [2.75, 3.05) is 44.3 Å². The zero-order valence-corrected chi connectivity index (χ0v) is 20.4. The zero-order chi connectivity index (χ0) is 24.6. The molecule has 3 aliphatic heterocycles. The van der Waals surface area contributed by atoms with E-state index in [1.54, 1.807) is 19.9 Å². The predicted octanol–water partition coefficient (Wildman–Crippen LogP) is 2.75. The van der Waals surface area contributed by atoms with Crippen LogP contribution in [0.25, 0.3) is 0 Å². The lowest BCUT2D eigenvalue weighted by atomic mass is 9.66. The molecule has 0 radical (unpaired) electrons. The fourth-order valence-corrected chi connectivity index (χ4v) is 6.10. The van der Waals surface area contributed by atoms with Crippen LogP contribution in [0.2, 0.25) is 0 Å². The SMILES string of the molecule is CC(=O)C1NN2c3cc(F)ccc3OC[C@H]2[C@@]1(CCCN1CCN(C(C)=O)CC1)c1ccccc1. The van der Waals surface area contributed by atoms with Crippen molar-refractivity contribution >= 4 is 17.4 Å². The first-order valence-corrected chi connectivity index (χ1v) is 12.4. The highest BCUT2D eigenvalue weighted by Crippen LogP contribution is 2.48. The number of Topliss-reactive ketones (excluding diaryl/α,β-unsaturated/α-hetero) is 1. The van der Waals surface area contributed by atoms with E-state index in [4.69, 9.17) is 4.74 Å². The van der Waals surface area contributed by atoms with Gasteiger partial charge in [-0.15, -0.1) is 0 Å². The number of hydrazine groups is 1. The molecule has 3 atom stereocenters. The lowest BCUT2D eigenvalue weighted by Gasteiger charge is -2.42. The van der Waals surface area contributed by atoms with Gasteiger partial charge < -0.3 is 9.64 Å². The number of nitrogens with one attached hydrogen (secondary N) is 1. The van der Waals surface area contributed by atoms with Crippen molar-refractivity contribution in [3.8, 4) is 5.75 Å². The molecule has 0 saturated carbocycles. The van der Waals surface area contributed by atoms with Gasteiger partial charge in [-0.25, -0.2) is 9.82 Å². The van der Waals surface area contributed by atoms with E-state index in [2.05, 4.69) is 22.5 Å². The Balaban J connectivity index is 1.44. The van der Waals surface area contributed by atoms with E-state index in [1.807, 2.05) is 28.1 Å². The Kier molecular flexibility index (Phi) is 6.51. The van der Waals surface area contributed by atoms with Crippen molar-refractivity contribution in [1.82, 2.24) is 15.2 Å². The summed E-state index contributed by atoms with van der Waals surface area (Å²) in [6.07, 6.45) is 1.66. The summed E-state index contributed by atoms with van der Waals surface area (Å²) in [7, 11) is 0. The van der Waals surface area contributed by atoms with Gasteiger partial charge in [0.2, 0.25) is 5.91 Å². The molecule has 2 aromatic carbocycles. The summed E-state index contributed by atoms with van der Waals surface area (Å²) in [4.78, 5) is 29.0. The van der Waals surface area contributed by atoms with E-state index in [0.717, 1.165) is 51.1 Å². The standard InChI is InChI=1S/C27H33FN4O3/c1-19(33)26-27(21-7-4-3-5-8-21,11-6-12-30-13-15-31(16-14-30)20(2)34)25-18-35-24-10-9-22(28)17-23(24)32(25)29-26/h3-5,7-10,17,25-26,29H,6,11-16,18H2,1-2H3/t25-,26?,27+/m0/s1. The molecule has 0 aromatic heterocycles. The molecule has 1 N–H and O–H groups in total. The third-order valence-corrected chi connectivity index (χ3v) is 7.87. The van der Waals surface area contributed by atoms with Gasteiger partial charge in [-0.05, 0) is 44.0 Å². The van der Waals surface area contributed by atoms with E-state index >= 15 is 0 Å². The van der Waals surface area contributed by atoms with Crippen LogP contribution in [0.4, 0.5) is 10.1 Å². The summed E-state index contributed by atoms with van der Waals surface area (Å²) in [6.45, 7) is 7.77. The number of fused-ring (bicyclic) bond motifs is 3. The number of amides is 1. The molecular weight excluding hydrogens is 447 g/mol. The van der Waals surface area contributed by atoms with Crippen molar-refractivity contribution in [3.63, 3.8) is 0 Å². The van der Waals surface area contributed by atoms with Crippen LogP contribution in [0.1, 0.15) is 32.3 Å². The molecule has 3 heterocycles. The number of ketones is 1. The number of anilines is 1. The zero-order valence-electron chi connectivity index (χ0n) is 20.4. The van der Waals surface area contributed by atoms with Gasteiger partial charge in [0.05, 0.1) is 17.8 Å². The minimum Gasteiger partial charge on any atom is -0.489 e. The first-order valence-electron chi connectivity index (χ1n) is 12.4. The largest absolute Gasteiger partial charge is 0.489 e. The number of benzene rings is 2. The number of hydrogen-bond donors (Lipinski definition) is 1. The quantitative estimate of drug-likeness (QED) is 0.686. The van der Waals surface area contributed by atoms with Gasteiger partial charge in [-0.3, -0.25) is 19.5 Å². The molecule has 2 fully saturated rings. The van der Waals surface area contributed by atoms with E-state index in [1.165, 1.54) is 12.1 Å². The second kappa shape index (κ2) is 9.59. The van der Waals surface area contributed by atoms with Gasteiger partial charge in [0.1, 0.15) is 24.0 Å². The Labute approximate surface area is 205 Å². The van der Waals surface area contributed by atoms with Gasteiger partial charge in [-0.2, -0.15) is 0 Å². The molecule has 1 unspecified atom stereocenters. The summed E-state index contributed by atoms with van der Waals surface area (Å²) in [5.41, 5.74) is 4.64. The second-order valence-electron chi connectivity index (χ2n) is 9.84. The maximum absolute atomic E-state index is 14.2. The van der Waals surface area contributed by atoms with Crippen LogP contribution < -0.4 is 15.2 Å². The average Bonchev–Trinajstić information content (AvgIpc) is 3.21. The van der Waals surface area contributed by atoms with Crippen LogP contribution in [0, 0.1) is 5.82 Å². The number of halogens is 1. The van der Waals surface area contributed by atoms with Gasteiger partial charge >= 0.3 is 0 Å². The molecule has 0 spiro atoms. The number of nitrogens with zero attached hydrogens (tertiary/aromatic N) is 3. The lowest BCUT2D eigenvalue weighted by molar-refractivity contribution is -0.130. The number of piperazine rings is 1. The third-order valence-electron chi connectivity index (χ3n) is 7.87. The molecule has 186 valence electrons. The van der Waals surface area contributed by atoms with Gasteiger partial charge in [0.25, 0.3) is 0 Å². The van der Waals surface area contributed by atoms with Gasteiger partial charge in [0.15, 0.2) is 0 Å². The molecule has 35 heavy (non-hydrogen) atoms. The normalized spacial score (nSPS) is 26.1. The Morgan fingerprint density at radius 2 is 1.83 bits per heavy atom. The molecule has 7 nitrogen and oxygen atoms in total. The average molecular weight is 481 g/mol. The van der Waals surface area contributed by atoms with E-state index in [0.29, 0.717) is 18.0 Å². The fraction of sp³-hybridized carbons (Fsp3) is 0.481. The summed E-state index contributed by atoms with van der Waals surface area (Å²) in [6, 6.07) is 14.1. The summed E-state index contributed by atoms with van der Waals surface area (Å²) in [5.74, 6) is 0.458. The van der Waals surface area contributed by atoms with Crippen LogP contribution in [-0.4, -0.2) is 72.9 Å². The van der Waals surface area contributed by atoms with Crippen molar-refractivity contribution in [2.45, 2.75) is 44.2 Å². The molecule has 8 heteroatoms. The number of rotatable bonds is 6. The highest BCUT2D eigenvalue weighted by molar-refractivity contribution is 5.86. The highest BCUT2D eigenvalue weighted by Gasteiger charge is 2.58. The number of carbonyl (C=O) groups excluding carboxylic acids is 2. The van der Waals surface area contributed by atoms with Crippen molar-refractivity contribution in [3.05, 3.63) is 59.9 Å². The summed E-state index contributed by atoms with van der Waals surface area (Å²) in [5, 5.41) is 1.96. The molecule has 0 aliphatic carbocycles. The van der Waals surface area contributed by atoms with Crippen molar-refractivity contribution in [2.24, 2.45) is 0 Å². The molecule has 0 bridgehead atoms. The molecular formula is C27H33FN4O3. The minimum absolute atomic E-state index is 0.0521. The predicted molar refractivity (Wildman–Crippen MR) is 132 cm³/mol. The maximum Gasteiger partial charge on any atom is 0.219 e. The van der Waals surface area contributed by atoms with Crippen LogP contribution in [-0.2, 0) is 15.0 Å². The molecule has 5 rings (SSSR count). The van der Waals surface area contributed by atoms with E-state index in [-0.39, 0.29) is 23.5 Å². The van der Waals surface area contributed by atoms with Crippen LogP contribution in [0.3, 0.4) is 0 Å². The van der Waals surface area contributed by atoms with Crippen molar-refractivity contribution in [1.29, 1.82) is 0 Å². The third kappa shape index (κ3) is 4.29. The Hall–Kier alpha value is -2.97. The van der Waals surface area contributed by atoms with Crippen LogP contribution >= 0.6 is 0 Å². The van der Waals surface area contributed by atoms with E-state index < -0.39 is 11.5 Å². The number of carbonyl (C=O) groups is 2. The van der Waals surface area contributed by atoms with Gasteiger partial charge in [0, 0.05) is 44.6 Å². The van der Waals surface area contributed by atoms with Crippen LogP contribution in [0.15, 0.2) is 48.5 Å². The Bertz CT molecular complexity index is 1090. The molecule has 2 saturated heterocycles. The van der Waals surface area contributed by atoms with E-state index in [9.17, 15) is 14.0 Å². The number of hydrogen-bond acceptors (Lipinski definition) is 6. The first-order chi connectivity index (χ1) is 16.9. The maximum atomic E-state index is 14.2. The smallest absolute Gasteiger partial charge is 0.219 e. The Morgan fingerprint density at radius 1 is 1.09 bits per heavy atom. The fourth-order valence-electron chi connectivity index (χ4n) is 6.10. The monoisotopic (exact) mass is 480 g/mol. The van der Waals surface area contributed by atoms with Crippen molar-refractivity contribution < 1.29 is 18.7 Å². The number of ether oxygens (including phenoxy) is 1. The molecule has 3 aliphatic rings. The van der Waals surface area contributed by atoms with Gasteiger partial charge in [-0.1, -0.05) is 30.3 Å². The topological polar surface area (TPSA) is 65.1 Å². The summed E-state index contributed by atoms with van der Waals surface area (Å²) >= 11 is 0. The van der Waals surface area contributed by atoms with Crippen LogP contribution in [0.5, 0.6) is 5.75 Å². The summed E-state index contributed by atoms with van der Waals surface area (Å²) < 4.78 is 20.3. The molecule has 2 aromatic rings. The second-order valence-corrected chi connectivity index (χ2v) is 9.84. The Morgan fingerprint density at radius 3 is 2.51 bits per heavy atom. The minimum atomic E-state index is -0.529. The lowest BCUT2D eigenvalue weighted by Crippen LogP contribution is -2.53. The highest BCUT2D eigenvalue weighted by atomic mass is 19.1. The first kappa shape index (κ1) is 23.8.